The van der Waals surface area contributed by atoms with E-state index in [1.165, 1.54) is 159 Å². The lowest BCUT2D eigenvalue weighted by atomic mass is 9.26. The van der Waals surface area contributed by atoms with Crippen LogP contribution in [0.15, 0.2) is 224 Å². The number of fused-ring (bicyclic) bond motifs is 30. The van der Waals surface area contributed by atoms with Gasteiger partial charge in [-0.05, 0) is 91.0 Å². The molecule has 4 aliphatic rings. The van der Waals surface area contributed by atoms with E-state index in [0.717, 1.165) is 0 Å². The van der Waals surface area contributed by atoms with Crippen molar-refractivity contribution in [3.05, 3.63) is 269 Å². The van der Waals surface area contributed by atoms with Crippen LogP contribution >= 0.6 is 0 Å². The van der Waals surface area contributed by atoms with Crippen LogP contribution in [0.5, 0.6) is 0 Å². The van der Waals surface area contributed by atoms with E-state index in [1.54, 1.807) is 0 Å². The Bertz CT molecular complexity index is 4570. The van der Waals surface area contributed by atoms with Gasteiger partial charge in [0.25, 0.3) is 0 Å². The Labute approximate surface area is 408 Å². The quantitative estimate of drug-likeness (QED) is 0.134. The van der Waals surface area contributed by atoms with Crippen molar-refractivity contribution in [1.82, 2.24) is 8.80 Å². The van der Waals surface area contributed by atoms with Crippen molar-refractivity contribution in [1.29, 1.82) is 0 Å². The molecule has 0 fully saturated rings. The molecule has 0 unspecified atom stereocenters. The Morgan fingerprint density at radius 3 is 1.00 bits per heavy atom. The number of benzene rings is 11. The number of para-hydroxylation sites is 4. The van der Waals surface area contributed by atoms with Crippen LogP contribution in [-0.4, -0.2) is 15.5 Å². The molecule has 2 aliphatic heterocycles. The maximum Gasteiger partial charge on any atom is 0.242 e. The molecule has 0 atom stereocenters. The van der Waals surface area contributed by atoms with Gasteiger partial charge in [-0.25, -0.2) is 0 Å². The maximum atomic E-state index is 2.67. The fraction of sp³-hybridized carbons (Fsp3) is 0.0294. The summed E-state index contributed by atoms with van der Waals surface area (Å²) < 4.78 is 5.18. The fourth-order valence-corrected chi connectivity index (χ4v) is 16.0. The zero-order valence-corrected chi connectivity index (χ0v) is 38.3. The molecule has 19 rings (SSSR count). The van der Waals surface area contributed by atoms with Crippen molar-refractivity contribution in [3.8, 4) is 22.3 Å². The molecular formula is C68H37BN2. The van der Waals surface area contributed by atoms with E-state index in [4.69, 9.17) is 0 Å². The lowest BCUT2D eigenvalue weighted by Crippen LogP contribution is -2.68. The van der Waals surface area contributed by atoms with Gasteiger partial charge in [-0.15, -0.1) is 0 Å². The number of hydrogen-bond donors (Lipinski definition) is 0. The van der Waals surface area contributed by atoms with Gasteiger partial charge >= 0.3 is 0 Å². The molecule has 0 N–H and O–H groups in total. The van der Waals surface area contributed by atoms with Gasteiger partial charge < -0.3 is 8.80 Å². The Kier molecular flexibility index (Phi) is 6.06. The van der Waals surface area contributed by atoms with Gasteiger partial charge in [-0.2, -0.15) is 0 Å². The minimum Gasteiger partial charge on any atom is -0.308 e. The minimum absolute atomic E-state index is 0.0512. The van der Waals surface area contributed by atoms with Crippen molar-refractivity contribution >= 4 is 99.3 Å². The zero-order chi connectivity index (χ0) is 45.6. The fourth-order valence-electron chi connectivity index (χ4n) is 16.0. The molecule has 6 heterocycles. The average molecular weight is 893 g/mol. The van der Waals surface area contributed by atoms with E-state index in [2.05, 4.69) is 233 Å². The highest BCUT2D eigenvalue weighted by atomic mass is 14.9. The van der Waals surface area contributed by atoms with Crippen LogP contribution < -0.4 is 16.4 Å². The molecule has 2 nitrogen and oxygen atoms in total. The smallest absolute Gasteiger partial charge is 0.242 e. The van der Waals surface area contributed by atoms with E-state index in [0.29, 0.717) is 0 Å². The summed E-state index contributed by atoms with van der Waals surface area (Å²) in [6.45, 7) is -0.0512. The van der Waals surface area contributed by atoms with Crippen LogP contribution in [0.1, 0.15) is 44.5 Å². The highest BCUT2D eigenvalue weighted by Gasteiger charge is 2.59. The molecule has 2 aliphatic carbocycles. The summed E-state index contributed by atoms with van der Waals surface area (Å²) in [7, 11) is 0. The standard InChI is InChI=1S/C68H37BN2/c1-7-26-50-38(16-1)39-17-2-8-27-51(39)67(50)54-30-15-31-55-64(54)69(58-34-48-46-24-13-22-44-42-20-5-11-32-60(42)70(65(44)46)62(48)36-56(58)67)59-35-49-47-25-14-23-45-43-21-6-12-33-61(43)71(66(45)47)63(49)37-57(59)68(55)52-28-9-3-18-40(52)41-19-4-10-29-53(41)68/h1-37H. The van der Waals surface area contributed by atoms with E-state index in [-0.39, 0.29) is 6.71 Å². The molecule has 11 aromatic carbocycles. The first-order valence-electron chi connectivity index (χ1n) is 25.2. The maximum absolute atomic E-state index is 2.67. The van der Waals surface area contributed by atoms with Crippen LogP contribution in [0.2, 0.25) is 0 Å². The Hall–Kier alpha value is -8.92. The molecule has 0 saturated carbocycles. The summed E-state index contributed by atoms with van der Waals surface area (Å²) in [4.78, 5) is 0. The van der Waals surface area contributed by atoms with Gasteiger partial charge in [0.05, 0.1) is 43.9 Å². The molecule has 0 saturated heterocycles. The van der Waals surface area contributed by atoms with Crippen molar-refractivity contribution in [2.24, 2.45) is 0 Å². The van der Waals surface area contributed by atoms with Gasteiger partial charge in [0.15, 0.2) is 0 Å². The average Bonchev–Trinajstić information content (AvgIpc) is 4.26. The molecule has 4 aromatic heterocycles. The molecule has 15 aromatic rings. The van der Waals surface area contributed by atoms with E-state index in [9.17, 15) is 0 Å². The molecular weight excluding hydrogens is 856 g/mol. The molecule has 71 heavy (non-hydrogen) atoms. The number of rotatable bonds is 0. The molecule has 2 spiro atoms. The lowest BCUT2D eigenvalue weighted by Gasteiger charge is -2.50. The largest absolute Gasteiger partial charge is 0.308 e. The van der Waals surface area contributed by atoms with Gasteiger partial charge in [0.2, 0.25) is 6.71 Å². The van der Waals surface area contributed by atoms with Crippen LogP contribution in [-0.2, 0) is 10.8 Å². The zero-order valence-electron chi connectivity index (χ0n) is 38.3. The van der Waals surface area contributed by atoms with Gasteiger partial charge in [-0.3, -0.25) is 0 Å². The summed E-state index contributed by atoms with van der Waals surface area (Å²) in [5.74, 6) is 0. The summed E-state index contributed by atoms with van der Waals surface area (Å²) in [6.07, 6.45) is 0. The second kappa shape index (κ2) is 11.9. The summed E-state index contributed by atoms with van der Waals surface area (Å²) in [6, 6.07) is 87.4. The van der Waals surface area contributed by atoms with Crippen LogP contribution in [0.3, 0.4) is 0 Å². The molecule has 3 heteroatoms. The Balaban J connectivity index is 1.06. The van der Waals surface area contributed by atoms with Gasteiger partial charge in [0.1, 0.15) is 0 Å². The highest BCUT2D eigenvalue weighted by Crippen LogP contribution is 2.61. The Morgan fingerprint density at radius 2 is 0.577 bits per heavy atom. The molecule has 0 radical (unpaired) electrons. The van der Waals surface area contributed by atoms with Gasteiger partial charge in [-0.1, -0.05) is 217 Å². The van der Waals surface area contributed by atoms with Crippen molar-refractivity contribution in [2.75, 3.05) is 0 Å². The first kappa shape index (κ1) is 36.1. The summed E-state index contributed by atoms with van der Waals surface area (Å²) in [5.41, 5.74) is 27.1. The van der Waals surface area contributed by atoms with Crippen LogP contribution in [0.25, 0.3) is 98.4 Å². The minimum atomic E-state index is -0.591. The molecule has 322 valence electrons. The predicted molar refractivity (Wildman–Crippen MR) is 295 cm³/mol. The highest BCUT2D eigenvalue weighted by molar-refractivity contribution is 6.98. The van der Waals surface area contributed by atoms with Crippen molar-refractivity contribution in [3.63, 3.8) is 0 Å². The third-order valence-corrected chi connectivity index (χ3v) is 18.3. The second-order valence-corrected chi connectivity index (χ2v) is 20.9. The third-order valence-electron chi connectivity index (χ3n) is 18.3. The van der Waals surface area contributed by atoms with E-state index < -0.39 is 10.8 Å². The molecule has 0 bridgehead atoms. The number of nitrogens with zero attached hydrogens (tertiary/aromatic N) is 2. The monoisotopic (exact) mass is 892 g/mol. The van der Waals surface area contributed by atoms with Crippen LogP contribution in [0.4, 0.5) is 0 Å². The summed E-state index contributed by atoms with van der Waals surface area (Å²) in [5, 5.41) is 10.5. The second-order valence-electron chi connectivity index (χ2n) is 20.9. The van der Waals surface area contributed by atoms with Crippen molar-refractivity contribution in [2.45, 2.75) is 10.8 Å². The predicted octanol–water partition coefficient (Wildman–Crippen LogP) is 13.9. The van der Waals surface area contributed by atoms with Crippen molar-refractivity contribution < 1.29 is 0 Å². The lowest BCUT2D eigenvalue weighted by molar-refractivity contribution is 0.746. The number of aromatic nitrogens is 2. The first-order valence-corrected chi connectivity index (χ1v) is 25.2. The third kappa shape index (κ3) is 3.73. The first-order chi connectivity index (χ1) is 35.3. The number of hydrogen-bond acceptors (Lipinski definition) is 0. The topological polar surface area (TPSA) is 8.82 Å². The normalized spacial score (nSPS) is 15.2. The van der Waals surface area contributed by atoms with E-state index in [1.807, 2.05) is 0 Å². The van der Waals surface area contributed by atoms with Crippen LogP contribution in [0, 0.1) is 0 Å². The van der Waals surface area contributed by atoms with Gasteiger partial charge in [0, 0.05) is 43.1 Å². The van der Waals surface area contributed by atoms with E-state index >= 15 is 0 Å². The summed E-state index contributed by atoms with van der Waals surface area (Å²) >= 11 is 0. The molecule has 0 amide bonds. The SMILES string of the molecule is c1ccc2c(c1)-c1ccccc1C21c2cc3c(cc2B2c4cc5c6cccc7c8ccccc8n(c5cc4C4(c5ccccc5-c5ccccc54)c4cccc1c42)c76)c1cccc2c4ccccc4n3c21. The Morgan fingerprint density at radius 1 is 0.254 bits per heavy atom.